The average Bonchev–Trinajstić information content (AvgIpc) is 3.84. The molecule has 0 amide bonds. The number of alkyl halides is 3. The van der Waals surface area contributed by atoms with Gasteiger partial charge in [0.1, 0.15) is 21.7 Å². The third-order valence-electron chi connectivity index (χ3n) is 13.4. The highest BCUT2D eigenvalue weighted by molar-refractivity contribution is 7.99. The SMILES string of the molecule is CCN1CCC(OCCP(=O)(O)O)CC1.CSc1c(-c2cc(F)cc(N3CCN(c4ccc(NS(=O)c5ccc(NCCSc6ccccc6)c(S(=O)(=O)C(F)(F)F)c5)cc4)CC3)c2)c(-c2ccc(Cl)cc2)n(C(C)C)c1C. The van der Waals surface area contributed by atoms with Gasteiger partial charge in [-0.2, -0.15) is 13.2 Å². The second-order valence-corrected chi connectivity index (χ2v) is 26.3. The molecule has 4 N–H and O–H groups in total. The van der Waals surface area contributed by atoms with Gasteiger partial charge >= 0.3 is 13.1 Å². The van der Waals surface area contributed by atoms with Crippen molar-refractivity contribution in [1.29, 1.82) is 0 Å². The monoisotopic (exact) mass is 1190 g/mol. The molecule has 5 aromatic carbocycles. The van der Waals surface area contributed by atoms with Crippen molar-refractivity contribution < 1.29 is 49.3 Å². The molecule has 2 aliphatic rings. The molecule has 23 heteroatoms. The molecular weight excluding hydrogens is 1130 g/mol. The van der Waals surface area contributed by atoms with Crippen LogP contribution in [0.4, 0.5) is 40.3 Å². The van der Waals surface area contributed by atoms with Crippen molar-refractivity contribution in [1.82, 2.24) is 9.47 Å². The van der Waals surface area contributed by atoms with E-state index >= 15 is 4.39 Å². The van der Waals surface area contributed by atoms with Crippen LogP contribution in [0.3, 0.4) is 0 Å². The Morgan fingerprint density at radius 3 is 2.09 bits per heavy atom. The molecule has 0 bridgehead atoms. The number of thioether (sulfide) groups is 2. The van der Waals surface area contributed by atoms with E-state index in [1.165, 1.54) is 23.9 Å². The van der Waals surface area contributed by atoms with Gasteiger partial charge in [0.25, 0.3) is 9.84 Å². The topological polar surface area (TPSA) is 157 Å². The highest BCUT2D eigenvalue weighted by Gasteiger charge is 2.48. The summed E-state index contributed by atoms with van der Waals surface area (Å²) in [7, 11) is -11.7. The van der Waals surface area contributed by atoms with E-state index in [1.807, 2.05) is 73.0 Å². The fourth-order valence-corrected chi connectivity index (χ4v) is 13.5. The molecule has 2 aliphatic heterocycles. The molecule has 6 aromatic rings. The van der Waals surface area contributed by atoms with Gasteiger partial charge in [0, 0.05) is 101 Å². The number of halogens is 5. The van der Waals surface area contributed by atoms with Gasteiger partial charge in [0.05, 0.1) is 35.1 Å². The van der Waals surface area contributed by atoms with E-state index in [0.29, 0.717) is 42.6 Å². The van der Waals surface area contributed by atoms with Crippen molar-refractivity contribution >= 4 is 86.3 Å². The molecule has 1 aromatic heterocycles. The Morgan fingerprint density at radius 1 is 0.859 bits per heavy atom. The maximum atomic E-state index is 15.6. The van der Waals surface area contributed by atoms with E-state index < -0.39 is 38.8 Å². The van der Waals surface area contributed by atoms with Crippen LogP contribution in [0.1, 0.15) is 45.3 Å². The number of nitrogens with zero attached hydrogens (tertiary/aromatic N) is 4. The molecule has 8 rings (SSSR count). The van der Waals surface area contributed by atoms with Crippen molar-refractivity contribution in [3.05, 3.63) is 132 Å². The summed E-state index contributed by atoms with van der Waals surface area (Å²) in [6, 6.07) is 33.0. The van der Waals surface area contributed by atoms with E-state index in [-0.39, 0.29) is 47.9 Å². The third kappa shape index (κ3) is 15.9. The first-order valence-electron chi connectivity index (χ1n) is 25.5. The molecule has 1 unspecified atom stereocenters. The van der Waals surface area contributed by atoms with Gasteiger partial charge in [0.2, 0.25) is 0 Å². The van der Waals surface area contributed by atoms with E-state index in [0.717, 1.165) is 87.8 Å². The lowest BCUT2D eigenvalue weighted by Gasteiger charge is -2.37. The quantitative estimate of drug-likeness (QED) is 0.0248. The van der Waals surface area contributed by atoms with Gasteiger partial charge < -0.3 is 43.8 Å². The number of ether oxygens (including phenoxy) is 1. The molecule has 13 nitrogen and oxygen atoms in total. The first-order chi connectivity index (χ1) is 37.1. The predicted octanol–water partition coefficient (Wildman–Crippen LogP) is 12.8. The maximum absolute atomic E-state index is 15.6. The summed E-state index contributed by atoms with van der Waals surface area (Å²) < 4.78 is 117. The van der Waals surface area contributed by atoms with Gasteiger partial charge in [-0.15, -0.1) is 23.5 Å². The molecule has 0 aliphatic carbocycles. The lowest BCUT2D eigenvalue weighted by atomic mass is 9.99. The van der Waals surface area contributed by atoms with E-state index in [2.05, 4.69) is 63.1 Å². The van der Waals surface area contributed by atoms with Crippen LogP contribution in [0.5, 0.6) is 0 Å². The minimum atomic E-state index is -5.77. The molecule has 1 atom stereocenters. The summed E-state index contributed by atoms with van der Waals surface area (Å²) >= 11 is 9.39. The number of anilines is 4. The Kier molecular flexibility index (Phi) is 21.4. The van der Waals surface area contributed by atoms with Crippen LogP contribution in [0.2, 0.25) is 5.02 Å². The Morgan fingerprint density at radius 2 is 1.50 bits per heavy atom. The van der Waals surface area contributed by atoms with Crippen molar-refractivity contribution in [2.24, 2.45) is 0 Å². The normalized spacial score (nSPS) is 15.3. The van der Waals surface area contributed by atoms with Gasteiger partial charge in [-0.25, -0.2) is 17.0 Å². The second-order valence-electron chi connectivity index (χ2n) is 19.0. The number of hydrogen-bond acceptors (Lipinski definition) is 11. The van der Waals surface area contributed by atoms with Crippen molar-refractivity contribution in [2.45, 2.75) is 77.8 Å². The number of aromatic nitrogens is 1. The highest BCUT2D eigenvalue weighted by atomic mass is 35.5. The largest absolute Gasteiger partial charge is 0.501 e. The molecule has 2 fully saturated rings. The molecule has 78 heavy (non-hydrogen) atoms. The zero-order valence-electron chi connectivity index (χ0n) is 44.0. The summed E-state index contributed by atoms with van der Waals surface area (Å²) in [5.41, 5.74) is 1.22. The summed E-state index contributed by atoms with van der Waals surface area (Å²) in [6.07, 6.45) is 3.99. The number of benzene rings is 5. The zero-order valence-corrected chi connectivity index (χ0v) is 48.9. The minimum absolute atomic E-state index is 0.138. The van der Waals surface area contributed by atoms with Crippen LogP contribution in [0.15, 0.2) is 135 Å². The maximum Gasteiger partial charge on any atom is 0.501 e. The van der Waals surface area contributed by atoms with Crippen LogP contribution in [-0.4, -0.2) is 121 Å². The van der Waals surface area contributed by atoms with Crippen LogP contribution >= 0.6 is 42.7 Å². The second kappa shape index (κ2) is 27.3. The first-order valence-corrected chi connectivity index (χ1v) is 32.5. The van der Waals surface area contributed by atoms with E-state index in [1.54, 1.807) is 36.0 Å². The molecule has 0 saturated carbocycles. The Bertz CT molecular complexity index is 3140. The van der Waals surface area contributed by atoms with Crippen LogP contribution in [-0.2, 0) is 30.1 Å². The number of piperidine rings is 1. The Labute approximate surface area is 471 Å². The molecule has 0 radical (unpaired) electrons. The molecular formula is C55H66ClF4N6O7PS4. The van der Waals surface area contributed by atoms with Crippen molar-refractivity contribution in [3.8, 4) is 22.4 Å². The van der Waals surface area contributed by atoms with Gasteiger partial charge in [-0.1, -0.05) is 48.9 Å². The van der Waals surface area contributed by atoms with Crippen LogP contribution < -0.4 is 19.8 Å². The summed E-state index contributed by atoms with van der Waals surface area (Å²) in [5.74, 6) is 0.138. The van der Waals surface area contributed by atoms with Crippen molar-refractivity contribution in [2.75, 3.05) is 97.0 Å². The number of nitrogens with one attached hydrogen (secondary N) is 2. The third-order valence-corrected chi connectivity index (χ3v) is 19.0. The summed E-state index contributed by atoms with van der Waals surface area (Å²) in [5, 5.41) is 3.45. The average molecular weight is 1190 g/mol. The standard InChI is InChI=1S/C46H46ClF4N5O3S4.C9H20NO4P/c1-30(2)56-31(3)45(60-4)43(44(56)32-10-12-34(47)13-11-32)33-26-35(48)28-38(27-33)55-23-21-54(22-24-55)37-16-14-36(15-17-37)53-62(57)40-18-19-41(42(29-40)63(58,59)46(49,50)51)52-20-25-61-39-8-6-5-7-9-39;1-2-10-5-3-9(4-6-10)14-7-8-15(11,12)13/h5-19,26-30,52-53H,20-25H2,1-4H3;9H,2-8H2,1H3,(H2,11,12,13). The van der Waals surface area contributed by atoms with E-state index in [9.17, 15) is 30.4 Å². The minimum Gasteiger partial charge on any atom is -0.383 e. The Balaban J connectivity index is 0.000000508. The molecule has 2 saturated heterocycles. The molecule has 3 heterocycles. The van der Waals surface area contributed by atoms with E-state index in [4.69, 9.17) is 26.1 Å². The van der Waals surface area contributed by atoms with Gasteiger partial charge in [0.15, 0.2) is 0 Å². The zero-order chi connectivity index (χ0) is 56.4. The van der Waals surface area contributed by atoms with Crippen LogP contribution in [0.25, 0.3) is 22.4 Å². The lowest BCUT2D eigenvalue weighted by Crippen LogP contribution is -2.46. The molecule has 0 spiro atoms. The number of likely N-dealkylation sites (tertiary alicyclic amines) is 1. The number of sulfone groups is 1. The predicted molar refractivity (Wildman–Crippen MR) is 311 cm³/mol. The van der Waals surface area contributed by atoms with Gasteiger partial charge in [-0.3, -0.25) is 4.57 Å². The molecule has 422 valence electrons. The number of rotatable bonds is 20. The van der Waals surface area contributed by atoms with Crippen LogP contribution in [0, 0.1) is 12.7 Å². The lowest BCUT2D eigenvalue weighted by molar-refractivity contribution is -0.0435. The fourth-order valence-electron chi connectivity index (χ4n) is 9.48. The van der Waals surface area contributed by atoms with Gasteiger partial charge in [-0.05, 0) is 142 Å². The fraction of sp³-hybridized carbons (Fsp3) is 0.382. The summed E-state index contributed by atoms with van der Waals surface area (Å²) in [6.45, 7) is 14.5. The number of piperazine rings is 1. The first kappa shape index (κ1) is 61.1. The highest BCUT2D eigenvalue weighted by Crippen LogP contribution is 2.46. The number of hydrogen-bond donors (Lipinski definition) is 4. The summed E-state index contributed by atoms with van der Waals surface area (Å²) in [4.78, 5) is 24.9. The Hall–Kier alpha value is -4.54. The van der Waals surface area contributed by atoms with Crippen molar-refractivity contribution in [3.63, 3.8) is 0 Å². The smallest absolute Gasteiger partial charge is 0.383 e.